The van der Waals surface area contributed by atoms with Crippen molar-refractivity contribution >= 4 is 28.7 Å². The van der Waals surface area contributed by atoms with Gasteiger partial charge in [-0.2, -0.15) is 0 Å². The monoisotopic (exact) mass is 472 g/mol. The standard InChI is InChI=1S/C25H24N6O2S/c1-18-27-20-10-5-6-11-21(20)30(18)14-13-26-23(32)17-34-25-29-28-24(22-12-7-15-33-22)31(25)16-19-8-3-2-4-9-19/h2-12,15H,13-14,16-17H2,1H3,(H,26,32). The van der Waals surface area contributed by atoms with Gasteiger partial charge < -0.3 is 14.3 Å². The Balaban J connectivity index is 1.23. The summed E-state index contributed by atoms with van der Waals surface area (Å²) in [6, 6.07) is 21.8. The number of carbonyl (C=O) groups is 1. The van der Waals surface area contributed by atoms with Gasteiger partial charge in [-0.1, -0.05) is 54.2 Å². The summed E-state index contributed by atoms with van der Waals surface area (Å²) in [6.45, 7) is 3.75. The minimum absolute atomic E-state index is 0.0547. The van der Waals surface area contributed by atoms with Gasteiger partial charge in [-0.25, -0.2) is 4.98 Å². The van der Waals surface area contributed by atoms with Crippen LogP contribution in [0.3, 0.4) is 0 Å². The Morgan fingerprint density at radius 3 is 2.65 bits per heavy atom. The fourth-order valence-electron chi connectivity index (χ4n) is 3.86. The van der Waals surface area contributed by atoms with Gasteiger partial charge in [0.1, 0.15) is 5.82 Å². The molecule has 1 amide bonds. The van der Waals surface area contributed by atoms with E-state index in [0.717, 1.165) is 22.4 Å². The third kappa shape index (κ3) is 4.74. The highest BCUT2D eigenvalue weighted by atomic mass is 32.2. The molecule has 3 heterocycles. The quantitative estimate of drug-likeness (QED) is 0.324. The molecule has 0 atom stereocenters. The Bertz CT molecular complexity index is 1390. The maximum atomic E-state index is 12.6. The largest absolute Gasteiger partial charge is 0.461 e. The predicted molar refractivity (Wildman–Crippen MR) is 131 cm³/mol. The number of nitrogens with zero attached hydrogens (tertiary/aromatic N) is 5. The number of furan rings is 1. The van der Waals surface area contributed by atoms with E-state index >= 15 is 0 Å². The first-order valence-corrected chi connectivity index (χ1v) is 12.0. The fourth-order valence-corrected chi connectivity index (χ4v) is 4.63. The Morgan fingerprint density at radius 2 is 1.82 bits per heavy atom. The van der Waals surface area contributed by atoms with E-state index in [0.29, 0.717) is 36.4 Å². The van der Waals surface area contributed by atoms with Crippen LogP contribution in [0.2, 0.25) is 0 Å². The number of benzene rings is 2. The number of rotatable bonds is 9. The Hall–Kier alpha value is -3.85. The summed E-state index contributed by atoms with van der Waals surface area (Å²) in [5, 5.41) is 12.3. The molecular weight excluding hydrogens is 448 g/mol. The number of fused-ring (bicyclic) bond motifs is 1. The molecule has 1 N–H and O–H groups in total. The molecular formula is C25H24N6O2S. The predicted octanol–water partition coefficient (Wildman–Crippen LogP) is 4.15. The third-order valence-electron chi connectivity index (χ3n) is 5.48. The van der Waals surface area contributed by atoms with Gasteiger partial charge in [-0.15, -0.1) is 10.2 Å². The first-order valence-electron chi connectivity index (χ1n) is 11.0. The van der Waals surface area contributed by atoms with Crippen LogP contribution in [0.5, 0.6) is 0 Å². The zero-order chi connectivity index (χ0) is 23.3. The van der Waals surface area contributed by atoms with Crippen molar-refractivity contribution in [3.05, 3.63) is 84.4 Å². The van der Waals surface area contributed by atoms with Crippen LogP contribution in [0.1, 0.15) is 11.4 Å². The molecule has 3 aromatic heterocycles. The van der Waals surface area contributed by atoms with Crippen molar-refractivity contribution < 1.29 is 9.21 Å². The molecule has 0 fully saturated rings. The highest BCUT2D eigenvalue weighted by Crippen LogP contribution is 2.25. The Labute approximate surface area is 201 Å². The third-order valence-corrected chi connectivity index (χ3v) is 6.44. The SMILES string of the molecule is Cc1nc2ccccc2n1CCNC(=O)CSc1nnc(-c2ccco2)n1Cc1ccccc1. The average molecular weight is 473 g/mol. The second-order valence-electron chi connectivity index (χ2n) is 7.79. The molecule has 0 saturated carbocycles. The van der Waals surface area contributed by atoms with E-state index in [1.165, 1.54) is 11.8 Å². The first-order chi connectivity index (χ1) is 16.7. The Kier molecular flexibility index (Phi) is 6.44. The molecule has 0 aliphatic carbocycles. The summed E-state index contributed by atoms with van der Waals surface area (Å²) in [4.78, 5) is 17.1. The number of aromatic nitrogens is 5. The van der Waals surface area contributed by atoms with E-state index in [1.54, 1.807) is 6.26 Å². The zero-order valence-electron chi connectivity index (χ0n) is 18.7. The van der Waals surface area contributed by atoms with Gasteiger partial charge in [0, 0.05) is 13.1 Å². The molecule has 5 rings (SSSR count). The summed E-state index contributed by atoms with van der Waals surface area (Å²) < 4.78 is 9.65. The van der Waals surface area contributed by atoms with Crippen LogP contribution in [-0.4, -0.2) is 42.5 Å². The minimum Gasteiger partial charge on any atom is -0.461 e. The van der Waals surface area contributed by atoms with E-state index in [-0.39, 0.29) is 11.7 Å². The molecule has 0 aliphatic heterocycles. The summed E-state index contributed by atoms with van der Waals surface area (Å²) >= 11 is 1.36. The summed E-state index contributed by atoms with van der Waals surface area (Å²) in [5.41, 5.74) is 3.15. The van der Waals surface area contributed by atoms with Gasteiger partial charge in [0.05, 0.1) is 29.6 Å². The number of hydrogen-bond donors (Lipinski definition) is 1. The molecule has 0 saturated heterocycles. The zero-order valence-corrected chi connectivity index (χ0v) is 19.5. The van der Waals surface area contributed by atoms with E-state index in [4.69, 9.17) is 4.42 Å². The maximum absolute atomic E-state index is 12.6. The van der Waals surface area contributed by atoms with Gasteiger partial charge in [0.15, 0.2) is 10.9 Å². The van der Waals surface area contributed by atoms with Gasteiger partial charge in [-0.05, 0) is 36.8 Å². The lowest BCUT2D eigenvalue weighted by Gasteiger charge is -2.10. The highest BCUT2D eigenvalue weighted by Gasteiger charge is 2.18. The number of hydrogen-bond acceptors (Lipinski definition) is 6. The van der Waals surface area contributed by atoms with Gasteiger partial charge in [-0.3, -0.25) is 9.36 Å². The second-order valence-corrected chi connectivity index (χ2v) is 8.74. The van der Waals surface area contributed by atoms with Crippen LogP contribution in [0.25, 0.3) is 22.6 Å². The molecule has 0 spiro atoms. The molecule has 8 nitrogen and oxygen atoms in total. The molecule has 0 unspecified atom stereocenters. The van der Waals surface area contributed by atoms with Crippen LogP contribution >= 0.6 is 11.8 Å². The number of carbonyl (C=O) groups excluding carboxylic acids is 1. The molecule has 172 valence electrons. The minimum atomic E-state index is -0.0547. The number of thioether (sulfide) groups is 1. The van der Waals surface area contributed by atoms with Crippen molar-refractivity contribution in [2.75, 3.05) is 12.3 Å². The van der Waals surface area contributed by atoms with E-state index in [1.807, 2.05) is 66.1 Å². The highest BCUT2D eigenvalue weighted by molar-refractivity contribution is 7.99. The first kappa shape index (κ1) is 22.0. The van der Waals surface area contributed by atoms with Crippen molar-refractivity contribution in [3.8, 4) is 11.6 Å². The van der Waals surface area contributed by atoms with Crippen LogP contribution in [-0.2, 0) is 17.9 Å². The summed E-state index contributed by atoms with van der Waals surface area (Å²) in [6.07, 6.45) is 1.61. The van der Waals surface area contributed by atoms with E-state index in [2.05, 4.69) is 37.2 Å². The molecule has 9 heteroatoms. The number of aryl methyl sites for hydroxylation is 1. The van der Waals surface area contributed by atoms with Crippen LogP contribution < -0.4 is 5.32 Å². The van der Waals surface area contributed by atoms with Crippen molar-refractivity contribution in [3.63, 3.8) is 0 Å². The molecule has 0 aliphatic rings. The van der Waals surface area contributed by atoms with Crippen molar-refractivity contribution in [2.45, 2.75) is 25.2 Å². The van der Waals surface area contributed by atoms with Crippen LogP contribution in [0.15, 0.2) is 82.6 Å². The van der Waals surface area contributed by atoms with E-state index in [9.17, 15) is 4.79 Å². The lowest BCUT2D eigenvalue weighted by molar-refractivity contribution is -0.118. The fraction of sp³-hybridized carbons (Fsp3) is 0.200. The average Bonchev–Trinajstić information content (AvgIpc) is 3.58. The second kappa shape index (κ2) is 9.96. The van der Waals surface area contributed by atoms with E-state index < -0.39 is 0 Å². The van der Waals surface area contributed by atoms with Crippen LogP contribution in [0.4, 0.5) is 0 Å². The molecule has 0 radical (unpaired) electrons. The maximum Gasteiger partial charge on any atom is 0.230 e. The van der Waals surface area contributed by atoms with Gasteiger partial charge in [0.2, 0.25) is 11.7 Å². The molecule has 34 heavy (non-hydrogen) atoms. The lowest BCUT2D eigenvalue weighted by atomic mass is 10.2. The van der Waals surface area contributed by atoms with Crippen molar-refractivity contribution in [2.24, 2.45) is 0 Å². The molecule has 0 bridgehead atoms. The number of imidazole rings is 1. The summed E-state index contributed by atoms with van der Waals surface area (Å²) in [5.74, 6) is 2.40. The molecule has 2 aromatic carbocycles. The van der Waals surface area contributed by atoms with Crippen LogP contribution in [0, 0.1) is 6.92 Å². The van der Waals surface area contributed by atoms with Crippen molar-refractivity contribution in [1.82, 2.24) is 29.6 Å². The number of amides is 1. The van der Waals surface area contributed by atoms with Crippen molar-refractivity contribution in [1.29, 1.82) is 0 Å². The van der Waals surface area contributed by atoms with Gasteiger partial charge >= 0.3 is 0 Å². The molecule has 5 aromatic rings. The normalized spacial score (nSPS) is 11.2. The number of para-hydroxylation sites is 2. The Morgan fingerprint density at radius 1 is 1.00 bits per heavy atom. The summed E-state index contributed by atoms with van der Waals surface area (Å²) in [7, 11) is 0. The lowest BCUT2D eigenvalue weighted by Crippen LogP contribution is -2.29. The topological polar surface area (TPSA) is 90.8 Å². The smallest absolute Gasteiger partial charge is 0.230 e. The van der Waals surface area contributed by atoms with Gasteiger partial charge in [0.25, 0.3) is 0 Å². The number of nitrogens with one attached hydrogen (secondary N) is 1.